The Balaban J connectivity index is 1.66. The Bertz CT molecular complexity index is 1020. The molecule has 3 rings (SSSR count). The van der Waals surface area contributed by atoms with Gasteiger partial charge in [0.2, 0.25) is 0 Å². The molecular weight excluding hydrogens is 388 g/mol. The summed E-state index contributed by atoms with van der Waals surface area (Å²) in [6, 6.07) is 12.3. The molecule has 28 heavy (non-hydrogen) atoms. The molecule has 0 aliphatic rings. The molecular formula is C18H15ClN4O5. The highest BCUT2D eigenvalue weighted by molar-refractivity contribution is 6.30. The predicted octanol–water partition coefficient (Wildman–Crippen LogP) is 3.74. The average molecular weight is 403 g/mol. The Labute approximate surface area is 164 Å². The number of hydrogen-bond acceptors (Lipinski definition) is 6. The largest absolute Gasteiger partial charge is 0.494 e. The van der Waals surface area contributed by atoms with Crippen molar-refractivity contribution in [1.82, 2.24) is 9.78 Å². The predicted molar refractivity (Wildman–Crippen MR) is 102 cm³/mol. The third kappa shape index (κ3) is 4.57. The number of ether oxygens (including phenoxy) is 2. The quantitative estimate of drug-likeness (QED) is 0.476. The van der Waals surface area contributed by atoms with Crippen LogP contribution in [0.15, 0.2) is 54.7 Å². The summed E-state index contributed by atoms with van der Waals surface area (Å²) < 4.78 is 12.1. The number of halogens is 1. The van der Waals surface area contributed by atoms with E-state index in [1.807, 2.05) is 0 Å². The summed E-state index contributed by atoms with van der Waals surface area (Å²) in [5.74, 6) is 0.254. The number of nitrogens with one attached hydrogen (secondary N) is 1. The minimum absolute atomic E-state index is 0.0917. The Morgan fingerprint density at radius 3 is 2.82 bits per heavy atom. The van der Waals surface area contributed by atoms with Crippen molar-refractivity contribution in [2.24, 2.45) is 0 Å². The molecule has 0 unspecified atom stereocenters. The molecule has 1 N–H and O–H groups in total. The molecule has 1 amide bonds. The van der Waals surface area contributed by atoms with E-state index < -0.39 is 10.8 Å². The molecule has 0 atom stereocenters. The zero-order valence-corrected chi connectivity index (χ0v) is 15.4. The number of nitrogens with zero attached hydrogens (tertiary/aromatic N) is 3. The number of aromatic nitrogens is 2. The van der Waals surface area contributed by atoms with Crippen molar-refractivity contribution in [3.05, 3.63) is 75.6 Å². The lowest BCUT2D eigenvalue weighted by Gasteiger charge is -2.09. The van der Waals surface area contributed by atoms with E-state index in [4.69, 9.17) is 21.1 Å². The van der Waals surface area contributed by atoms with Crippen molar-refractivity contribution >= 4 is 28.9 Å². The van der Waals surface area contributed by atoms with Crippen LogP contribution < -0.4 is 14.8 Å². The Morgan fingerprint density at radius 2 is 2.11 bits per heavy atom. The summed E-state index contributed by atoms with van der Waals surface area (Å²) >= 11 is 5.90. The average Bonchev–Trinajstić information content (AvgIpc) is 3.16. The van der Waals surface area contributed by atoms with Crippen LogP contribution in [0.2, 0.25) is 5.02 Å². The summed E-state index contributed by atoms with van der Waals surface area (Å²) in [4.78, 5) is 22.7. The number of rotatable bonds is 7. The number of benzene rings is 2. The minimum atomic E-state index is -0.546. The Hall–Kier alpha value is -3.59. The molecule has 10 heteroatoms. The van der Waals surface area contributed by atoms with Crippen LogP contribution in [-0.2, 0) is 6.73 Å². The highest BCUT2D eigenvalue weighted by atomic mass is 35.5. The number of carbonyl (C=O) groups is 1. The van der Waals surface area contributed by atoms with Gasteiger partial charge in [-0.1, -0.05) is 17.7 Å². The van der Waals surface area contributed by atoms with Crippen molar-refractivity contribution in [3.8, 4) is 11.5 Å². The Kier molecular flexibility index (Phi) is 5.75. The molecule has 9 nitrogen and oxygen atoms in total. The summed E-state index contributed by atoms with van der Waals surface area (Å²) in [7, 11) is 1.36. The molecule has 1 heterocycles. The van der Waals surface area contributed by atoms with E-state index in [0.717, 1.165) is 0 Å². The van der Waals surface area contributed by atoms with Crippen LogP contribution in [0.25, 0.3) is 0 Å². The van der Waals surface area contributed by atoms with Crippen molar-refractivity contribution in [2.75, 3.05) is 12.4 Å². The van der Waals surface area contributed by atoms with Crippen LogP contribution in [0.5, 0.6) is 11.5 Å². The third-order valence-electron chi connectivity index (χ3n) is 3.68. The van der Waals surface area contributed by atoms with Crippen molar-refractivity contribution in [2.45, 2.75) is 6.73 Å². The van der Waals surface area contributed by atoms with Crippen LogP contribution in [0.4, 0.5) is 11.4 Å². The molecule has 0 bridgehead atoms. The fourth-order valence-corrected chi connectivity index (χ4v) is 2.52. The van der Waals surface area contributed by atoms with E-state index in [-0.39, 0.29) is 23.9 Å². The van der Waals surface area contributed by atoms with Gasteiger partial charge in [-0.15, -0.1) is 0 Å². The molecule has 0 aliphatic heterocycles. The van der Waals surface area contributed by atoms with E-state index in [1.54, 1.807) is 30.5 Å². The monoisotopic (exact) mass is 402 g/mol. The van der Waals surface area contributed by atoms with Crippen LogP contribution in [-0.4, -0.2) is 27.7 Å². The molecule has 3 aromatic rings. The lowest BCUT2D eigenvalue weighted by Crippen LogP contribution is -2.15. The number of non-ortho nitro benzene ring substituents is 1. The molecule has 0 spiro atoms. The van der Waals surface area contributed by atoms with Gasteiger partial charge in [-0.05, 0) is 30.3 Å². The molecule has 0 radical (unpaired) electrons. The highest BCUT2D eigenvalue weighted by Gasteiger charge is 2.16. The zero-order valence-electron chi connectivity index (χ0n) is 14.7. The third-order valence-corrected chi connectivity index (χ3v) is 3.91. The number of amides is 1. The first-order valence-corrected chi connectivity index (χ1v) is 8.39. The standard InChI is InChI=1S/C18H15ClN4O5/c1-27-17-10-13(23(25)26)5-6-15(17)20-18(24)16-7-8-22(21-16)11-28-14-4-2-3-12(19)9-14/h2-10H,11H2,1H3,(H,20,24). The maximum atomic E-state index is 12.4. The van der Waals surface area contributed by atoms with E-state index >= 15 is 0 Å². The smallest absolute Gasteiger partial charge is 0.276 e. The number of carbonyl (C=O) groups excluding carboxylic acids is 1. The molecule has 0 saturated heterocycles. The molecule has 144 valence electrons. The van der Waals surface area contributed by atoms with Crippen molar-refractivity contribution < 1.29 is 19.2 Å². The first-order valence-electron chi connectivity index (χ1n) is 8.02. The van der Waals surface area contributed by atoms with Gasteiger partial charge in [0.15, 0.2) is 12.4 Å². The van der Waals surface area contributed by atoms with Gasteiger partial charge >= 0.3 is 0 Å². The highest BCUT2D eigenvalue weighted by Crippen LogP contribution is 2.29. The van der Waals surface area contributed by atoms with Gasteiger partial charge in [-0.3, -0.25) is 14.9 Å². The fourth-order valence-electron chi connectivity index (χ4n) is 2.34. The maximum Gasteiger partial charge on any atom is 0.276 e. The summed E-state index contributed by atoms with van der Waals surface area (Å²) in [6.07, 6.45) is 1.59. The second-order valence-corrected chi connectivity index (χ2v) is 6.00. The Morgan fingerprint density at radius 1 is 1.29 bits per heavy atom. The van der Waals surface area contributed by atoms with Gasteiger partial charge in [0.05, 0.1) is 23.8 Å². The second-order valence-electron chi connectivity index (χ2n) is 5.57. The maximum absolute atomic E-state index is 12.4. The van der Waals surface area contributed by atoms with Crippen LogP contribution in [0, 0.1) is 10.1 Å². The van der Waals surface area contributed by atoms with Gasteiger partial charge in [-0.2, -0.15) is 5.10 Å². The lowest BCUT2D eigenvalue weighted by molar-refractivity contribution is -0.384. The normalized spacial score (nSPS) is 10.4. The molecule has 1 aromatic heterocycles. The number of nitro groups is 1. The molecule has 0 fully saturated rings. The van der Waals surface area contributed by atoms with Gasteiger partial charge in [0.25, 0.3) is 11.6 Å². The fraction of sp³-hybridized carbons (Fsp3) is 0.111. The SMILES string of the molecule is COc1cc([N+](=O)[O-])ccc1NC(=O)c1ccn(COc2cccc(Cl)c2)n1. The van der Waals surface area contributed by atoms with Gasteiger partial charge in [-0.25, -0.2) is 4.68 Å². The minimum Gasteiger partial charge on any atom is -0.494 e. The first kappa shape index (κ1) is 19.2. The van der Waals surface area contributed by atoms with Crippen LogP contribution in [0.3, 0.4) is 0 Å². The molecule has 0 aliphatic carbocycles. The number of methoxy groups -OCH3 is 1. The van der Waals surface area contributed by atoms with Gasteiger partial charge in [0, 0.05) is 17.3 Å². The van der Waals surface area contributed by atoms with Crippen molar-refractivity contribution in [3.63, 3.8) is 0 Å². The summed E-state index contributed by atoms with van der Waals surface area (Å²) in [5.41, 5.74) is 0.301. The number of anilines is 1. The number of nitro benzene ring substituents is 1. The van der Waals surface area contributed by atoms with E-state index in [0.29, 0.717) is 16.5 Å². The van der Waals surface area contributed by atoms with Gasteiger partial charge in [0.1, 0.15) is 11.5 Å². The van der Waals surface area contributed by atoms with Crippen LogP contribution in [0.1, 0.15) is 10.5 Å². The van der Waals surface area contributed by atoms with E-state index in [1.165, 1.54) is 36.1 Å². The second kappa shape index (κ2) is 8.40. The molecule has 2 aromatic carbocycles. The summed E-state index contributed by atoms with van der Waals surface area (Å²) in [6.45, 7) is 0.0917. The molecule has 0 saturated carbocycles. The van der Waals surface area contributed by atoms with Crippen molar-refractivity contribution in [1.29, 1.82) is 0 Å². The number of hydrogen-bond donors (Lipinski definition) is 1. The topological polar surface area (TPSA) is 109 Å². The van der Waals surface area contributed by atoms with E-state index in [2.05, 4.69) is 10.4 Å². The zero-order chi connectivity index (χ0) is 20.1. The summed E-state index contributed by atoms with van der Waals surface area (Å²) in [5, 5.41) is 18.2. The van der Waals surface area contributed by atoms with E-state index in [9.17, 15) is 14.9 Å². The lowest BCUT2D eigenvalue weighted by atomic mass is 10.2. The van der Waals surface area contributed by atoms with Gasteiger partial charge < -0.3 is 14.8 Å². The van der Waals surface area contributed by atoms with Crippen LogP contribution >= 0.6 is 11.6 Å². The first-order chi connectivity index (χ1) is 13.5.